The fourth-order valence-electron chi connectivity index (χ4n) is 5.27. The Morgan fingerprint density at radius 2 is 1.80 bits per heavy atom. The van der Waals surface area contributed by atoms with Crippen LogP contribution < -0.4 is 24.4 Å². The van der Waals surface area contributed by atoms with E-state index in [0.717, 1.165) is 27.8 Å². The van der Waals surface area contributed by atoms with Crippen LogP contribution in [0.4, 0.5) is 0 Å². The second kappa shape index (κ2) is 14.1. The molecule has 1 aromatic heterocycles. The van der Waals surface area contributed by atoms with Gasteiger partial charge in [0.2, 0.25) is 0 Å². The summed E-state index contributed by atoms with van der Waals surface area (Å²) in [6.45, 7) is 12.3. The molecule has 3 aromatic carbocycles. The third kappa shape index (κ3) is 6.82. The Kier molecular flexibility index (Phi) is 10.1. The predicted octanol–water partition coefficient (Wildman–Crippen LogP) is 6.47. The lowest BCUT2D eigenvalue weighted by molar-refractivity contribution is -0.139. The van der Waals surface area contributed by atoms with E-state index in [9.17, 15) is 9.59 Å². The summed E-state index contributed by atoms with van der Waals surface area (Å²) in [7, 11) is 0. The van der Waals surface area contributed by atoms with Crippen molar-refractivity contribution in [1.29, 1.82) is 0 Å². The van der Waals surface area contributed by atoms with Crippen LogP contribution in [0.15, 0.2) is 94.4 Å². The van der Waals surface area contributed by atoms with Crippen LogP contribution in [-0.2, 0) is 22.6 Å². The molecule has 0 N–H and O–H groups in total. The summed E-state index contributed by atoms with van der Waals surface area (Å²) in [6.07, 6.45) is 4.15. The first-order valence-corrected chi connectivity index (χ1v) is 16.0. The monoisotopic (exact) mass is 642 g/mol. The summed E-state index contributed by atoms with van der Waals surface area (Å²) in [5.74, 6) is 0.673. The third-order valence-electron chi connectivity index (χ3n) is 7.36. The van der Waals surface area contributed by atoms with E-state index in [1.54, 1.807) is 24.5 Å². The number of esters is 1. The number of aromatic nitrogens is 1. The molecule has 0 radical (unpaired) electrons. The van der Waals surface area contributed by atoms with Crippen molar-refractivity contribution in [2.45, 2.75) is 46.8 Å². The van der Waals surface area contributed by atoms with E-state index in [2.05, 4.69) is 11.6 Å². The number of ether oxygens (including phenoxy) is 3. The predicted molar refractivity (Wildman–Crippen MR) is 179 cm³/mol. The van der Waals surface area contributed by atoms with E-state index in [4.69, 9.17) is 25.8 Å². The van der Waals surface area contributed by atoms with Gasteiger partial charge in [-0.2, -0.15) is 0 Å². The van der Waals surface area contributed by atoms with Crippen LogP contribution in [0.25, 0.3) is 6.08 Å². The molecule has 1 aliphatic heterocycles. The van der Waals surface area contributed by atoms with Crippen molar-refractivity contribution in [1.82, 2.24) is 4.57 Å². The van der Waals surface area contributed by atoms with E-state index in [-0.39, 0.29) is 18.8 Å². The summed E-state index contributed by atoms with van der Waals surface area (Å²) in [5.41, 5.74) is 4.99. The van der Waals surface area contributed by atoms with Gasteiger partial charge in [0, 0.05) is 16.1 Å². The van der Waals surface area contributed by atoms with Crippen LogP contribution in [0.3, 0.4) is 0 Å². The van der Waals surface area contributed by atoms with Gasteiger partial charge in [-0.15, -0.1) is 6.58 Å². The Balaban J connectivity index is 1.63. The number of carbonyl (C=O) groups is 1. The highest BCUT2D eigenvalue weighted by Gasteiger charge is 2.33. The van der Waals surface area contributed by atoms with Gasteiger partial charge in [-0.25, -0.2) is 9.79 Å². The maximum Gasteiger partial charge on any atom is 0.338 e. The van der Waals surface area contributed by atoms with Crippen molar-refractivity contribution >= 4 is 35.0 Å². The fraction of sp³-hybridized carbons (Fsp3) is 0.250. The lowest BCUT2D eigenvalue weighted by atomic mass is 9.95. The normalized spacial score (nSPS) is 14.5. The number of hydrogen-bond acceptors (Lipinski definition) is 7. The van der Waals surface area contributed by atoms with E-state index in [1.165, 1.54) is 11.3 Å². The number of halogens is 1. The fourth-order valence-corrected chi connectivity index (χ4v) is 6.51. The second-order valence-electron chi connectivity index (χ2n) is 10.5. The number of hydrogen-bond donors (Lipinski definition) is 0. The van der Waals surface area contributed by atoms with Crippen molar-refractivity contribution in [3.05, 3.63) is 137 Å². The Labute approximate surface area is 271 Å². The molecule has 0 spiro atoms. The zero-order valence-electron chi connectivity index (χ0n) is 25.8. The molecule has 2 heterocycles. The van der Waals surface area contributed by atoms with E-state index < -0.39 is 12.0 Å². The first kappa shape index (κ1) is 32.0. The molecule has 7 nitrogen and oxygen atoms in total. The van der Waals surface area contributed by atoms with Crippen LogP contribution in [-0.4, -0.2) is 23.8 Å². The molecule has 0 unspecified atom stereocenters. The molecule has 1 atom stereocenters. The summed E-state index contributed by atoms with van der Waals surface area (Å²) in [4.78, 5) is 32.5. The minimum Gasteiger partial charge on any atom is -0.490 e. The van der Waals surface area contributed by atoms with E-state index in [0.29, 0.717) is 50.2 Å². The maximum absolute atomic E-state index is 14.1. The zero-order valence-corrected chi connectivity index (χ0v) is 27.3. The first-order valence-electron chi connectivity index (χ1n) is 14.8. The van der Waals surface area contributed by atoms with Crippen LogP contribution in [0, 0.1) is 6.92 Å². The van der Waals surface area contributed by atoms with E-state index >= 15 is 0 Å². The number of aryl methyl sites for hydroxylation is 1. The molecule has 0 amide bonds. The van der Waals surface area contributed by atoms with Crippen LogP contribution in [0.2, 0.25) is 5.02 Å². The van der Waals surface area contributed by atoms with E-state index in [1.807, 2.05) is 80.6 Å². The molecule has 0 aliphatic carbocycles. The Morgan fingerprint density at radius 1 is 1.04 bits per heavy atom. The average molecular weight is 643 g/mol. The van der Waals surface area contributed by atoms with Crippen LogP contribution in [0.5, 0.6) is 11.5 Å². The van der Waals surface area contributed by atoms with Gasteiger partial charge < -0.3 is 14.2 Å². The number of carbonyl (C=O) groups excluding carboxylic acids is 1. The van der Waals surface area contributed by atoms with Gasteiger partial charge in [0.05, 0.1) is 35.1 Å². The van der Waals surface area contributed by atoms with Crippen molar-refractivity contribution in [2.75, 3.05) is 13.2 Å². The van der Waals surface area contributed by atoms with Crippen molar-refractivity contribution in [3.63, 3.8) is 0 Å². The Hall–Kier alpha value is -4.40. The Morgan fingerprint density at radius 3 is 2.49 bits per heavy atom. The number of rotatable bonds is 11. The smallest absolute Gasteiger partial charge is 0.338 e. The number of fused-ring (bicyclic) bond motifs is 1. The highest BCUT2D eigenvalue weighted by molar-refractivity contribution is 7.07. The lowest BCUT2D eigenvalue weighted by Crippen LogP contribution is -2.39. The molecule has 0 saturated carbocycles. The molecule has 1 aliphatic rings. The standard InChI is InChI=1S/C36H35ClN2O5S/c1-6-11-26-18-24(19-29(42-7-2)33(26)44-21-27-12-9-10-13-28(27)37)20-30-34(40)39-32(25-16-14-22(4)15-17-25)31(35(41)43-8-3)23(5)38-36(39)45-30/h6,9-10,12-20,32H,1,7-8,11,21H2,2-5H3/b30-20+/t32-/m1/s1. The number of allylic oxidation sites excluding steroid dienone is 2. The molecule has 0 fully saturated rings. The lowest BCUT2D eigenvalue weighted by Gasteiger charge is -2.24. The molecule has 4 aromatic rings. The molecule has 9 heteroatoms. The molecular weight excluding hydrogens is 608 g/mol. The summed E-state index contributed by atoms with van der Waals surface area (Å²) in [5, 5.41) is 0.623. The second-order valence-corrected chi connectivity index (χ2v) is 11.9. The third-order valence-corrected chi connectivity index (χ3v) is 8.71. The van der Waals surface area contributed by atoms with Crippen LogP contribution >= 0.6 is 22.9 Å². The highest BCUT2D eigenvalue weighted by Crippen LogP contribution is 2.36. The quantitative estimate of drug-likeness (QED) is 0.139. The van der Waals surface area contributed by atoms with Gasteiger partial charge in [-0.05, 0) is 69.5 Å². The zero-order chi connectivity index (χ0) is 32.1. The molecule has 5 rings (SSSR count). The summed E-state index contributed by atoms with van der Waals surface area (Å²) < 4.78 is 19.8. The number of nitrogens with zero attached hydrogens (tertiary/aromatic N) is 2. The summed E-state index contributed by atoms with van der Waals surface area (Å²) in [6, 6.07) is 18.5. The molecule has 232 valence electrons. The minimum absolute atomic E-state index is 0.216. The Bertz CT molecular complexity index is 1960. The minimum atomic E-state index is -0.668. The highest BCUT2D eigenvalue weighted by atomic mass is 35.5. The van der Waals surface area contributed by atoms with Gasteiger partial charge in [-0.3, -0.25) is 9.36 Å². The molecule has 45 heavy (non-hydrogen) atoms. The van der Waals surface area contributed by atoms with Crippen molar-refractivity contribution < 1.29 is 19.0 Å². The topological polar surface area (TPSA) is 79.1 Å². The van der Waals surface area contributed by atoms with Gasteiger partial charge in [0.25, 0.3) is 5.56 Å². The van der Waals surface area contributed by atoms with Gasteiger partial charge >= 0.3 is 5.97 Å². The van der Waals surface area contributed by atoms with Gasteiger partial charge in [0.15, 0.2) is 16.3 Å². The van der Waals surface area contributed by atoms with Crippen molar-refractivity contribution in [3.8, 4) is 11.5 Å². The summed E-state index contributed by atoms with van der Waals surface area (Å²) >= 11 is 7.65. The first-order chi connectivity index (χ1) is 21.7. The largest absolute Gasteiger partial charge is 0.490 e. The van der Waals surface area contributed by atoms with Crippen molar-refractivity contribution in [2.24, 2.45) is 4.99 Å². The average Bonchev–Trinajstić information content (AvgIpc) is 3.31. The van der Waals surface area contributed by atoms with Gasteiger partial charge in [-0.1, -0.05) is 77.0 Å². The molecule has 0 bridgehead atoms. The van der Waals surface area contributed by atoms with Crippen LogP contribution in [0.1, 0.15) is 54.6 Å². The molecular formula is C36H35ClN2O5S. The SMILES string of the molecule is C=CCc1cc(/C=c2/sc3n(c2=O)[C@H](c2ccc(C)cc2)C(C(=O)OCC)=C(C)N=3)cc(OCC)c1OCc1ccccc1Cl. The number of thiazole rings is 1. The maximum atomic E-state index is 14.1. The molecule has 0 saturated heterocycles. The van der Waals surface area contributed by atoms with Gasteiger partial charge in [0.1, 0.15) is 6.61 Å². The number of benzene rings is 3.